The summed E-state index contributed by atoms with van der Waals surface area (Å²) in [6, 6.07) is 4.29. The van der Waals surface area contributed by atoms with Gasteiger partial charge in [-0.3, -0.25) is 4.90 Å². The third-order valence-corrected chi connectivity index (χ3v) is 4.41. The van der Waals surface area contributed by atoms with Crippen LogP contribution in [-0.2, 0) is 16.0 Å². The summed E-state index contributed by atoms with van der Waals surface area (Å²) < 4.78 is 10.8. The van der Waals surface area contributed by atoms with Crippen LogP contribution in [0.5, 0.6) is 0 Å². The number of pyridine rings is 1. The van der Waals surface area contributed by atoms with Crippen LogP contribution in [0.15, 0.2) is 18.3 Å². The van der Waals surface area contributed by atoms with Crippen molar-refractivity contribution in [2.75, 3.05) is 70.6 Å². The largest absolute Gasteiger partial charge is 0.379 e. The summed E-state index contributed by atoms with van der Waals surface area (Å²) in [4.78, 5) is 9.27. The van der Waals surface area contributed by atoms with Crippen LogP contribution >= 0.6 is 0 Å². The molecular weight excluding hydrogens is 292 g/mol. The highest BCUT2D eigenvalue weighted by Gasteiger charge is 2.12. The van der Waals surface area contributed by atoms with Crippen molar-refractivity contribution in [2.45, 2.75) is 13.0 Å². The van der Waals surface area contributed by atoms with E-state index in [0.717, 1.165) is 78.1 Å². The van der Waals surface area contributed by atoms with Gasteiger partial charge in [-0.2, -0.15) is 0 Å². The molecule has 2 saturated heterocycles. The van der Waals surface area contributed by atoms with Gasteiger partial charge in [0.05, 0.1) is 26.4 Å². The maximum absolute atomic E-state index is 5.40. The molecule has 1 aromatic heterocycles. The molecule has 1 N–H and O–H groups in total. The highest BCUT2D eigenvalue weighted by Crippen LogP contribution is 2.14. The van der Waals surface area contributed by atoms with E-state index in [1.807, 2.05) is 6.20 Å². The Morgan fingerprint density at radius 3 is 2.57 bits per heavy atom. The van der Waals surface area contributed by atoms with Crippen LogP contribution in [-0.4, -0.2) is 75.6 Å². The maximum atomic E-state index is 5.40. The zero-order valence-corrected chi connectivity index (χ0v) is 13.9. The van der Waals surface area contributed by atoms with Crippen molar-refractivity contribution < 1.29 is 9.47 Å². The number of anilines is 1. The molecule has 0 saturated carbocycles. The molecule has 3 heterocycles. The Bertz CT molecular complexity index is 460. The Morgan fingerprint density at radius 1 is 1.04 bits per heavy atom. The predicted octanol–water partition coefficient (Wildman–Crippen LogP) is 0.730. The number of hydrogen-bond acceptors (Lipinski definition) is 6. The Balaban J connectivity index is 1.36. The number of nitrogens with one attached hydrogen (secondary N) is 1. The monoisotopic (exact) mass is 320 g/mol. The van der Waals surface area contributed by atoms with Crippen molar-refractivity contribution in [3.05, 3.63) is 23.9 Å². The molecule has 0 spiro atoms. The number of nitrogens with zero attached hydrogens (tertiary/aromatic N) is 3. The van der Waals surface area contributed by atoms with Gasteiger partial charge in [-0.05, 0) is 37.2 Å². The lowest BCUT2D eigenvalue weighted by atomic mass is 10.2. The summed E-state index contributed by atoms with van der Waals surface area (Å²) in [5.74, 6) is 1.07. The summed E-state index contributed by atoms with van der Waals surface area (Å²) in [5, 5.41) is 3.54. The Kier molecular flexibility index (Phi) is 6.64. The first-order chi connectivity index (χ1) is 11.4. The second-order valence-corrected chi connectivity index (χ2v) is 6.11. The lowest BCUT2D eigenvalue weighted by molar-refractivity contribution is 0.0374. The van der Waals surface area contributed by atoms with E-state index in [0.29, 0.717) is 0 Å². The Labute approximate surface area is 138 Å². The van der Waals surface area contributed by atoms with Gasteiger partial charge in [0.2, 0.25) is 0 Å². The second-order valence-electron chi connectivity index (χ2n) is 6.11. The van der Waals surface area contributed by atoms with Crippen LogP contribution in [0, 0.1) is 0 Å². The van der Waals surface area contributed by atoms with Gasteiger partial charge in [0, 0.05) is 38.9 Å². The zero-order valence-electron chi connectivity index (χ0n) is 13.9. The molecule has 0 unspecified atom stereocenters. The predicted molar refractivity (Wildman–Crippen MR) is 90.9 cm³/mol. The molecule has 0 radical (unpaired) electrons. The van der Waals surface area contributed by atoms with Crippen LogP contribution in [0.3, 0.4) is 0 Å². The molecule has 0 aliphatic carbocycles. The van der Waals surface area contributed by atoms with Crippen molar-refractivity contribution in [3.63, 3.8) is 0 Å². The van der Waals surface area contributed by atoms with E-state index in [-0.39, 0.29) is 0 Å². The van der Waals surface area contributed by atoms with Gasteiger partial charge in [0.25, 0.3) is 0 Å². The molecule has 6 heteroatoms. The molecule has 0 bridgehead atoms. The van der Waals surface area contributed by atoms with Gasteiger partial charge in [-0.1, -0.05) is 0 Å². The topological polar surface area (TPSA) is 49.9 Å². The lowest BCUT2D eigenvalue weighted by Gasteiger charge is -2.28. The first-order valence-electron chi connectivity index (χ1n) is 8.70. The van der Waals surface area contributed by atoms with Crippen LogP contribution in [0.25, 0.3) is 0 Å². The standard InChI is InChI=1S/C17H28N4O2/c1(5-20-6-10-22-11-7-20)3-18-15-16-2-4-19-17(14-16)21-8-12-23-13-9-21/h2,4,14,18H,1,3,5-13,15H2. The van der Waals surface area contributed by atoms with Crippen molar-refractivity contribution in [1.82, 2.24) is 15.2 Å². The van der Waals surface area contributed by atoms with Crippen LogP contribution in [0.4, 0.5) is 5.82 Å². The van der Waals surface area contributed by atoms with E-state index in [9.17, 15) is 0 Å². The van der Waals surface area contributed by atoms with Gasteiger partial charge in [-0.15, -0.1) is 0 Å². The molecule has 0 aromatic carbocycles. The van der Waals surface area contributed by atoms with E-state index < -0.39 is 0 Å². The normalized spacial score (nSPS) is 19.9. The molecule has 23 heavy (non-hydrogen) atoms. The minimum Gasteiger partial charge on any atom is -0.379 e. The smallest absolute Gasteiger partial charge is 0.128 e. The van der Waals surface area contributed by atoms with Crippen molar-refractivity contribution in [1.29, 1.82) is 0 Å². The van der Waals surface area contributed by atoms with Crippen LogP contribution < -0.4 is 10.2 Å². The summed E-state index contributed by atoms with van der Waals surface area (Å²) in [5.41, 5.74) is 1.30. The number of ether oxygens (including phenoxy) is 2. The molecule has 0 atom stereocenters. The lowest BCUT2D eigenvalue weighted by Crippen LogP contribution is -2.37. The van der Waals surface area contributed by atoms with Gasteiger partial charge < -0.3 is 19.7 Å². The highest BCUT2D eigenvalue weighted by molar-refractivity contribution is 5.41. The molecule has 3 rings (SSSR count). The molecule has 2 fully saturated rings. The first kappa shape index (κ1) is 16.6. The Hall–Kier alpha value is -1.21. The summed E-state index contributed by atoms with van der Waals surface area (Å²) in [6.07, 6.45) is 3.09. The summed E-state index contributed by atoms with van der Waals surface area (Å²) >= 11 is 0. The van der Waals surface area contributed by atoms with Crippen LogP contribution in [0.1, 0.15) is 12.0 Å². The number of hydrogen-bond donors (Lipinski definition) is 1. The first-order valence-corrected chi connectivity index (χ1v) is 8.70. The van der Waals surface area contributed by atoms with Gasteiger partial charge in [0.15, 0.2) is 0 Å². The van der Waals surface area contributed by atoms with Gasteiger partial charge >= 0.3 is 0 Å². The number of aromatic nitrogens is 1. The third kappa shape index (κ3) is 5.42. The van der Waals surface area contributed by atoms with E-state index >= 15 is 0 Å². The maximum Gasteiger partial charge on any atom is 0.128 e. The number of rotatable bonds is 7. The quantitative estimate of drug-likeness (QED) is 0.748. The van der Waals surface area contributed by atoms with Gasteiger partial charge in [0.1, 0.15) is 5.82 Å². The molecule has 6 nitrogen and oxygen atoms in total. The molecule has 128 valence electrons. The molecule has 1 aromatic rings. The fraction of sp³-hybridized carbons (Fsp3) is 0.706. The van der Waals surface area contributed by atoms with E-state index in [1.165, 1.54) is 12.0 Å². The number of morpholine rings is 2. The third-order valence-electron chi connectivity index (χ3n) is 4.41. The van der Waals surface area contributed by atoms with E-state index in [4.69, 9.17) is 9.47 Å². The molecular formula is C17H28N4O2. The summed E-state index contributed by atoms with van der Waals surface area (Å²) in [6.45, 7) is 10.5. The second kappa shape index (κ2) is 9.17. The van der Waals surface area contributed by atoms with E-state index in [1.54, 1.807) is 0 Å². The zero-order chi connectivity index (χ0) is 15.7. The average Bonchev–Trinajstić information content (AvgIpc) is 2.63. The van der Waals surface area contributed by atoms with Crippen molar-refractivity contribution in [2.24, 2.45) is 0 Å². The molecule has 0 amide bonds. The van der Waals surface area contributed by atoms with Crippen molar-refractivity contribution in [3.8, 4) is 0 Å². The average molecular weight is 320 g/mol. The van der Waals surface area contributed by atoms with E-state index in [2.05, 4.69) is 32.2 Å². The summed E-state index contributed by atoms with van der Waals surface area (Å²) in [7, 11) is 0. The Morgan fingerprint density at radius 2 is 1.78 bits per heavy atom. The SMILES string of the molecule is c1cc(CNCCCN2CCOCC2)cc(N2CCOCC2)n1. The van der Waals surface area contributed by atoms with Crippen molar-refractivity contribution >= 4 is 5.82 Å². The minimum absolute atomic E-state index is 0.797. The van der Waals surface area contributed by atoms with Gasteiger partial charge in [-0.25, -0.2) is 4.98 Å². The van der Waals surface area contributed by atoms with Crippen LogP contribution in [0.2, 0.25) is 0 Å². The fourth-order valence-corrected chi connectivity index (χ4v) is 3.02. The highest BCUT2D eigenvalue weighted by atomic mass is 16.5. The fourth-order valence-electron chi connectivity index (χ4n) is 3.02. The minimum atomic E-state index is 0.797. The molecule has 2 aliphatic rings. The molecule has 2 aliphatic heterocycles.